The second-order valence-corrected chi connectivity index (χ2v) is 8.25. The lowest BCUT2D eigenvalue weighted by molar-refractivity contribution is 0.997. The van der Waals surface area contributed by atoms with E-state index in [0.29, 0.717) is 33.1 Å². The molecule has 35 heavy (non-hydrogen) atoms. The standard InChI is InChI=1S/C28H18ClN5O/c29-20-13-11-17(12-14-20)21-15-23(32-27(31)22(21)16-30)25-24(18-7-3-1-4-8-18)26(33-34-28(25)35)19-9-5-2-6-10-19/h1-15H,(H2,31,32)(H,34,35). The van der Waals surface area contributed by atoms with E-state index in [1.54, 1.807) is 30.3 Å². The second-order valence-electron chi connectivity index (χ2n) is 7.82. The van der Waals surface area contributed by atoms with E-state index < -0.39 is 5.56 Å². The van der Waals surface area contributed by atoms with Crippen molar-refractivity contribution in [2.24, 2.45) is 0 Å². The van der Waals surface area contributed by atoms with Gasteiger partial charge in [-0.15, -0.1) is 0 Å². The maximum atomic E-state index is 13.3. The summed E-state index contributed by atoms with van der Waals surface area (Å²) < 4.78 is 0. The Balaban J connectivity index is 1.85. The maximum absolute atomic E-state index is 13.3. The van der Waals surface area contributed by atoms with Crippen molar-refractivity contribution in [3.8, 4) is 50.8 Å². The molecular weight excluding hydrogens is 458 g/mol. The zero-order valence-electron chi connectivity index (χ0n) is 18.4. The van der Waals surface area contributed by atoms with Crippen molar-refractivity contribution in [1.82, 2.24) is 15.2 Å². The number of nitrogens with one attached hydrogen (secondary N) is 1. The Morgan fingerprint density at radius 2 is 1.46 bits per heavy atom. The minimum absolute atomic E-state index is 0.0337. The minimum atomic E-state index is -0.415. The van der Waals surface area contributed by atoms with Gasteiger partial charge in [-0.2, -0.15) is 10.4 Å². The molecule has 2 aromatic heterocycles. The van der Waals surface area contributed by atoms with Gasteiger partial charge in [0.05, 0.1) is 17.0 Å². The topological polar surface area (TPSA) is 108 Å². The molecule has 2 heterocycles. The van der Waals surface area contributed by atoms with Gasteiger partial charge in [-0.3, -0.25) is 4.79 Å². The van der Waals surface area contributed by atoms with Crippen LogP contribution in [0.15, 0.2) is 95.8 Å². The number of hydrogen-bond donors (Lipinski definition) is 2. The third-order valence-electron chi connectivity index (χ3n) is 5.66. The predicted molar refractivity (Wildman–Crippen MR) is 139 cm³/mol. The summed E-state index contributed by atoms with van der Waals surface area (Å²) in [5.74, 6) is 0.0337. The molecule has 0 unspecified atom stereocenters. The van der Waals surface area contributed by atoms with Crippen LogP contribution in [0.4, 0.5) is 5.82 Å². The number of H-pyrrole nitrogens is 1. The van der Waals surface area contributed by atoms with Gasteiger partial charge in [-0.05, 0) is 29.3 Å². The highest BCUT2D eigenvalue weighted by molar-refractivity contribution is 6.30. The smallest absolute Gasteiger partial charge is 0.274 e. The maximum Gasteiger partial charge on any atom is 0.274 e. The summed E-state index contributed by atoms with van der Waals surface area (Å²) in [6.45, 7) is 0. The van der Waals surface area contributed by atoms with Gasteiger partial charge in [0.25, 0.3) is 5.56 Å². The molecule has 0 radical (unpaired) electrons. The van der Waals surface area contributed by atoms with E-state index in [9.17, 15) is 10.1 Å². The van der Waals surface area contributed by atoms with E-state index >= 15 is 0 Å². The number of hydrogen-bond acceptors (Lipinski definition) is 5. The highest BCUT2D eigenvalue weighted by Gasteiger charge is 2.22. The number of nitrogen functional groups attached to an aromatic ring is 1. The second kappa shape index (κ2) is 9.26. The lowest BCUT2D eigenvalue weighted by Crippen LogP contribution is -2.15. The first kappa shape index (κ1) is 22.1. The third-order valence-corrected chi connectivity index (χ3v) is 5.92. The van der Waals surface area contributed by atoms with Crippen LogP contribution in [-0.4, -0.2) is 15.2 Å². The fraction of sp³-hybridized carbons (Fsp3) is 0. The van der Waals surface area contributed by atoms with E-state index in [0.717, 1.165) is 16.7 Å². The van der Waals surface area contributed by atoms with Gasteiger partial charge in [0, 0.05) is 21.7 Å². The van der Waals surface area contributed by atoms with Gasteiger partial charge in [-0.25, -0.2) is 10.1 Å². The molecule has 0 atom stereocenters. The van der Waals surface area contributed by atoms with Crippen molar-refractivity contribution in [3.63, 3.8) is 0 Å². The van der Waals surface area contributed by atoms with E-state index in [1.807, 2.05) is 60.7 Å². The number of nitrogens with zero attached hydrogens (tertiary/aromatic N) is 3. The number of pyridine rings is 1. The molecular formula is C28H18ClN5O. The fourth-order valence-electron chi connectivity index (χ4n) is 4.05. The van der Waals surface area contributed by atoms with Crippen molar-refractivity contribution < 1.29 is 0 Å². The van der Waals surface area contributed by atoms with Crippen LogP contribution in [0.2, 0.25) is 5.02 Å². The van der Waals surface area contributed by atoms with Gasteiger partial charge in [0.15, 0.2) is 0 Å². The number of halogens is 1. The minimum Gasteiger partial charge on any atom is -0.383 e. The number of aromatic nitrogens is 3. The normalized spacial score (nSPS) is 10.6. The Labute approximate surface area is 206 Å². The zero-order valence-corrected chi connectivity index (χ0v) is 19.1. The van der Waals surface area contributed by atoms with Crippen molar-refractivity contribution >= 4 is 17.4 Å². The molecule has 3 aromatic carbocycles. The first-order valence-corrected chi connectivity index (χ1v) is 11.1. The summed E-state index contributed by atoms with van der Waals surface area (Å²) in [7, 11) is 0. The van der Waals surface area contributed by atoms with Crippen LogP contribution in [-0.2, 0) is 0 Å². The highest BCUT2D eigenvalue weighted by atomic mass is 35.5. The molecule has 7 heteroatoms. The lowest BCUT2D eigenvalue weighted by atomic mass is 9.92. The monoisotopic (exact) mass is 475 g/mol. The van der Waals surface area contributed by atoms with Gasteiger partial charge in [-0.1, -0.05) is 84.4 Å². The molecule has 0 amide bonds. The molecule has 5 rings (SSSR count). The van der Waals surface area contributed by atoms with Crippen LogP contribution >= 0.6 is 11.6 Å². The molecule has 0 aliphatic heterocycles. The quantitative estimate of drug-likeness (QED) is 0.334. The molecule has 0 saturated carbocycles. The van der Waals surface area contributed by atoms with Crippen molar-refractivity contribution in [3.05, 3.63) is 112 Å². The molecule has 0 aliphatic rings. The molecule has 168 valence electrons. The Hall–Kier alpha value is -4.73. The van der Waals surface area contributed by atoms with Gasteiger partial charge in [0.1, 0.15) is 17.5 Å². The fourth-order valence-corrected chi connectivity index (χ4v) is 4.18. The lowest BCUT2D eigenvalue weighted by Gasteiger charge is -2.15. The molecule has 0 bridgehead atoms. The Bertz CT molecular complexity index is 1620. The van der Waals surface area contributed by atoms with Crippen LogP contribution in [0.25, 0.3) is 44.8 Å². The number of aromatic amines is 1. The van der Waals surface area contributed by atoms with Crippen LogP contribution in [0, 0.1) is 11.3 Å². The molecule has 0 spiro atoms. The number of nitrogens with two attached hydrogens (primary N) is 1. The molecule has 6 nitrogen and oxygen atoms in total. The number of anilines is 1. The molecule has 3 N–H and O–H groups in total. The van der Waals surface area contributed by atoms with E-state index in [-0.39, 0.29) is 11.4 Å². The van der Waals surface area contributed by atoms with Crippen LogP contribution in [0.3, 0.4) is 0 Å². The van der Waals surface area contributed by atoms with Crippen molar-refractivity contribution in [2.45, 2.75) is 0 Å². The first-order chi connectivity index (χ1) is 17.1. The number of benzene rings is 3. The predicted octanol–water partition coefficient (Wildman–Crippen LogP) is 5.94. The van der Waals surface area contributed by atoms with Gasteiger partial charge in [0.2, 0.25) is 0 Å². The van der Waals surface area contributed by atoms with Crippen molar-refractivity contribution in [2.75, 3.05) is 5.73 Å². The molecule has 0 aliphatic carbocycles. The Morgan fingerprint density at radius 1 is 0.829 bits per heavy atom. The Kier molecular flexibility index (Phi) is 5.84. The van der Waals surface area contributed by atoms with Gasteiger partial charge < -0.3 is 5.73 Å². The van der Waals surface area contributed by atoms with Crippen molar-refractivity contribution in [1.29, 1.82) is 5.26 Å². The van der Waals surface area contributed by atoms with E-state index in [4.69, 9.17) is 17.3 Å². The summed E-state index contributed by atoms with van der Waals surface area (Å²) in [4.78, 5) is 17.8. The average Bonchev–Trinajstić information content (AvgIpc) is 2.89. The third kappa shape index (κ3) is 4.17. The van der Waals surface area contributed by atoms with E-state index in [1.165, 1.54) is 0 Å². The Morgan fingerprint density at radius 3 is 2.09 bits per heavy atom. The van der Waals surface area contributed by atoms with E-state index in [2.05, 4.69) is 21.3 Å². The largest absolute Gasteiger partial charge is 0.383 e. The first-order valence-electron chi connectivity index (χ1n) is 10.8. The molecule has 5 aromatic rings. The molecule has 0 fully saturated rings. The SMILES string of the molecule is N#Cc1c(-c2ccc(Cl)cc2)cc(-c2c(-c3ccccc3)c(-c3ccccc3)n[nH]c2=O)nc1N. The zero-order chi connectivity index (χ0) is 24.4. The van der Waals surface area contributed by atoms with Crippen LogP contribution in [0.5, 0.6) is 0 Å². The van der Waals surface area contributed by atoms with Crippen LogP contribution in [0.1, 0.15) is 5.56 Å². The molecule has 0 saturated heterocycles. The average molecular weight is 476 g/mol. The summed E-state index contributed by atoms with van der Waals surface area (Å²) in [6, 6.07) is 30.0. The highest BCUT2D eigenvalue weighted by Crippen LogP contribution is 2.38. The van der Waals surface area contributed by atoms with Crippen LogP contribution < -0.4 is 11.3 Å². The number of rotatable bonds is 4. The number of nitriles is 1. The summed E-state index contributed by atoms with van der Waals surface area (Å²) in [5.41, 5.74) is 10.9. The summed E-state index contributed by atoms with van der Waals surface area (Å²) in [5, 5.41) is 17.4. The summed E-state index contributed by atoms with van der Waals surface area (Å²) in [6.07, 6.45) is 0. The summed E-state index contributed by atoms with van der Waals surface area (Å²) >= 11 is 6.06. The van der Waals surface area contributed by atoms with Gasteiger partial charge >= 0.3 is 0 Å².